The Morgan fingerprint density at radius 1 is 1.50 bits per heavy atom. The molecule has 1 aliphatic carbocycles. The topological polar surface area (TPSA) is 39.1 Å². The smallest absolute Gasteiger partial charge is 0.106 e. The highest BCUT2D eigenvalue weighted by atomic mass is 79.9. The molecule has 0 saturated heterocycles. The van der Waals surface area contributed by atoms with Crippen molar-refractivity contribution < 1.29 is 0 Å². The first kappa shape index (κ1) is 13.9. The van der Waals surface area contributed by atoms with Crippen molar-refractivity contribution in [2.45, 2.75) is 37.3 Å². The molecule has 0 amide bonds. The fraction of sp³-hybridized carbons (Fsp3) is 0.615. The third-order valence-corrected chi connectivity index (χ3v) is 5.67. The second-order valence-corrected chi connectivity index (χ2v) is 7.31. The van der Waals surface area contributed by atoms with Crippen LogP contribution in [-0.4, -0.2) is 25.7 Å². The quantitative estimate of drug-likeness (QED) is 0.925. The van der Waals surface area contributed by atoms with Crippen LogP contribution in [0.5, 0.6) is 0 Å². The number of hydrogen-bond acceptors (Lipinski definition) is 4. The lowest BCUT2D eigenvalue weighted by Gasteiger charge is -2.39. The minimum absolute atomic E-state index is 0.298. The summed E-state index contributed by atoms with van der Waals surface area (Å²) >= 11 is 5.27. The minimum Gasteiger partial charge on any atom is -0.363 e. The molecule has 0 radical (unpaired) electrons. The van der Waals surface area contributed by atoms with E-state index in [1.54, 1.807) is 11.3 Å². The Balaban J connectivity index is 2.00. The molecule has 1 aliphatic rings. The second-order valence-electron chi connectivity index (χ2n) is 4.86. The molecule has 0 atom stereocenters. The van der Waals surface area contributed by atoms with Crippen molar-refractivity contribution >= 4 is 32.3 Å². The van der Waals surface area contributed by atoms with Gasteiger partial charge in [0.1, 0.15) is 5.54 Å². The lowest BCUT2D eigenvalue weighted by atomic mass is 9.80. The standard InChI is InChI=1S/C13H18BrN3S/c1-16-13(9-15)7-5-10(6-8-13)17(2)12-4-3-11(14)18-12/h3-4,10,16H,5-8H2,1-2H3. The molecule has 0 spiro atoms. The lowest BCUT2D eigenvalue weighted by molar-refractivity contribution is 0.288. The first-order chi connectivity index (χ1) is 8.60. The van der Waals surface area contributed by atoms with Gasteiger partial charge in [0.25, 0.3) is 0 Å². The van der Waals surface area contributed by atoms with E-state index in [0.29, 0.717) is 6.04 Å². The molecule has 0 bridgehead atoms. The predicted molar refractivity (Wildman–Crippen MR) is 80.1 cm³/mol. The molecule has 1 aromatic rings. The summed E-state index contributed by atoms with van der Waals surface area (Å²) in [5.74, 6) is 0. The van der Waals surface area contributed by atoms with Gasteiger partial charge in [-0.15, -0.1) is 11.3 Å². The van der Waals surface area contributed by atoms with Gasteiger partial charge in [0.2, 0.25) is 0 Å². The Bertz CT molecular complexity index is 443. The van der Waals surface area contributed by atoms with Crippen LogP contribution >= 0.6 is 27.3 Å². The Labute approximate surface area is 121 Å². The Kier molecular flexibility index (Phi) is 4.31. The third-order valence-electron chi connectivity index (χ3n) is 3.96. The molecule has 5 heteroatoms. The Morgan fingerprint density at radius 3 is 2.61 bits per heavy atom. The van der Waals surface area contributed by atoms with Crippen LogP contribution in [0, 0.1) is 11.3 Å². The molecule has 3 nitrogen and oxygen atoms in total. The van der Waals surface area contributed by atoms with Crippen LogP contribution in [0.2, 0.25) is 0 Å². The highest BCUT2D eigenvalue weighted by molar-refractivity contribution is 9.11. The van der Waals surface area contributed by atoms with E-state index in [0.717, 1.165) is 25.7 Å². The van der Waals surface area contributed by atoms with Gasteiger partial charge in [-0.2, -0.15) is 5.26 Å². The SMILES string of the molecule is CNC1(C#N)CCC(N(C)c2ccc(Br)s2)CC1. The highest BCUT2D eigenvalue weighted by Gasteiger charge is 2.35. The number of hydrogen-bond donors (Lipinski definition) is 1. The van der Waals surface area contributed by atoms with Gasteiger partial charge in [-0.25, -0.2) is 0 Å². The van der Waals surface area contributed by atoms with Crippen molar-refractivity contribution in [3.05, 3.63) is 15.9 Å². The summed E-state index contributed by atoms with van der Waals surface area (Å²) in [7, 11) is 4.05. The summed E-state index contributed by atoms with van der Waals surface area (Å²) < 4.78 is 1.17. The zero-order valence-corrected chi connectivity index (χ0v) is 13.1. The molecule has 98 valence electrons. The van der Waals surface area contributed by atoms with E-state index in [1.807, 2.05) is 7.05 Å². The van der Waals surface area contributed by atoms with Crippen molar-refractivity contribution in [2.75, 3.05) is 19.0 Å². The van der Waals surface area contributed by atoms with E-state index < -0.39 is 0 Å². The van der Waals surface area contributed by atoms with Crippen LogP contribution in [0.25, 0.3) is 0 Å². The summed E-state index contributed by atoms with van der Waals surface area (Å²) in [5.41, 5.74) is -0.298. The van der Waals surface area contributed by atoms with Gasteiger partial charge in [-0.05, 0) is 60.8 Å². The van der Waals surface area contributed by atoms with Crippen molar-refractivity contribution in [3.8, 4) is 6.07 Å². The maximum atomic E-state index is 9.26. The van der Waals surface area contributed by atoms with Crippen molar-refractivity contribution in [1.29, 1.82) is 5.26 Å². The number of nitriles is 1. The van der Waals surface area contributed by atoms with Crippen LogP contribution in [-0.2, 0) is 0 Å². The van der Waals surface area contributed by atoms with Gasteiger partial charge < -0.3 is 10.2 Å². The average Bonchev–Trinajstić information content (AvgIpc) is 2.85. The fourth-order valence-corrected chi connectivity index (χ4v) is 3.97. The van der Waals surface area contributed by atoms with Crippen LogP contribution in [0.1, 0.15) is 25.7 Å². The number of rotatable bonds is 3. The summed E-state index contributed by atoms with van der Waals surface area (Å²) in [6.07, 6.45) is 4.00. The largest absolute Gasteiger partial charge is 0.363 e. The van der Waals surface area contributed by atoms with E-state index in [-0.39, 0.29) is 5.54 Å². The van der Waals surface area contributed by atoms with Gasteiger partial charge in [-0.3, -0.25) is 0 Å². The number of halogens is 1. The molecule has 1 saturated carbocycles. The Morgan fingerprint density at radius 2 is 2.17 bits per heavy atom. The maximum Gasteiger partial charge on any atom is 0.106 e. The minimum atomic E-state index is -0.298. The predicted octanol–water partition coefficient (Wildman–Crippen LogP) is 3.37. The summed E-state index contributed by atoms with van der Waals surface area (Å²) in [6, 6.07) is 7.22. The lowest BCUT2D eigenvalue weighted by Crippen LogP contribution is -2.48. The number of nitrogens with one attached hydrogen (secondary N) is 1. The molecule has 1 N–H and O–H groups in total. The first-order valence-corrected chi connectivity index (χ1v) is 7.79. The summed E-state index contributed by atoms with van der Waals surface area (Å²) in [6.45, 7) is 0. The third kappa shape index (κ3) is 2.71. The van der Waals surface area contributed by atoms with Crippen LogP contribution in [0.4, 0.5) is 5.00 Å². The van der Waals surface area contributed by atoms with Gasteiger partial charge >= 0.3 is 0 Å². The zero-order chi connectivity index (χ0) is 13.2. The molecule has 18 heavy (non-hydrogen) atoms. The van der Waals surface area contributed by atoms with E-state index in [9.17, 15) is 5.26 Å². The van der Waals surface area contributed by atoms with Gasteiger partial charge in [0.05, 0.1) is 14.9 Å². The number of thiophene rings is 1. The Hall–Kier alpha value is -0.570. The van der Waals surface area contributed by atoms with Crippen LogP contribution < -0.4 is 10.2 Å². The van der Waals surface area contributed by atoms with E-state index in [4.69, 9.17) is 0 Å². The monoisotopic (exact) mass is 327 g/mol. The molecule has 1 heterocycles. The molecule has 0 unspecified atom stereocenters. The maximum absolute atomic E-state index is 9.26. The van der Waals surface area contributed by atoms with Gasteiger partial charge in [-0.1, -0.05) is 0 Å². The van der Waals surface area contributed by atoms with Crippen molar-refractivity contribution in [2.24, 2.45) is 0 Å². The molecular weight excluding hydrogens is 310 g/mol. The normalized spacial score (nSPS) is 27.8. The highest BCUT2D eigenvalue weighted by Crippen LogP contribution is 2.35. The first-order valence-electron chi connectivity index (χ1n) is 6.18. The molecular formula is C13H18BrN3S. The number of nitrogens with zero attached hydrogens (tertiary/aromatic N) is 2. The van der Waals surface area contributed by atoms with Crippen molar-refractivity contribution in [3.63, 3.8) is 0 Å². The molecule has 0 aliphatic heterocycles. The van der Waals surface area contributed by atoms with Crippen molar-refractivity contribution in [1.82, 2.24) is 5.32 Å². The molecule has 1 aromatic heterocycles. The van der Waals surface area contributed by atoms with E-state index in [2.05, 4.69) is 51.4 Å². The number of anilines is 1. The average molecular weight is 328 g/mol. The second kappa shape index (κ2) is 5.60. The van der Waals surface area contributed by atoms with Crippen LogP contribution in [0.3, 0.4) is 0 Å². The van der Waals surface area contributed by atoms with E-state index in [1.165, 1.54) is 8.79 Å². The molecule has 2 rings (SSSR count). The summed E-state index contributed by atoms with van der Waals surface area (Å²) in [4.78, 5) is 2.35. The molecule has 0 aromatic carbocycles. The van der Waals surface area contributed by atoms with Gasteiger partial charge in [0, 0.05) is 13.1 Å². The van der Waals surface area contributed by atoms with E-state index >= 15 is 0 Å². The van der Waals surface area contributed by atoms with Gasteiger partial charge in [0.15, 0.2) is 0 Å². The zero-order valence-electron chi connectivity index (χ0n) is 10.7. The fourth-order valence-electron chi connectivity index (χ4n) is 2.57. The van der Waals surface area contributed by atoms with Crippen LogP contribution in [0.15, 0.2) is 15.9 Å². The summed E-state index contributed by atoms with van der Waals surface area (Å²) in [5, 5.41) is 13.7. The molecule has 1 fully saturated rings.